The Labute approximate surface area is 144 Å². The van der Waals surface area contributed by atoms with Gasteiger partial charge in [0, 0.05) is 12.1 Å². The Kier molecular flexibility index (Phi) is 6.14. The van der Waals surface area contributed by atoms with E-state index in [2.05, 4.69) is 12.2 Å². The summed E-state index contributed by atoms with van der Waals surface area (Å²) in [5.74, 6) is -0.774. The number of nitrogens with one attached hydrogen (secondary N) is 1. The number of carbonyl (C=O) groups excluding carboxylic acids is 2. The zero-order valence-electron chi connectivity index (χ0n) is 13.3. The van der Waals surface area contributed by atoms with Crippen molar-refractivity contribution < 1.29 is 19.2 Å². The Balaban J connectivity index is 1.89. The van der Waals surface area contributed by atoms with Crippen molar-refractivity contribution in [2.45, 2.75) is 38.6 Å². The minimum Gasteiger partial charge on any atom is -0.452 e. The molecule has 0 aliphatic heterocycles. The maximum atomic E-state index is 11.9. The number of amides is 1. The lowest BCUT2D eigenvalue weighted by Gasteiger charge is -2.29. The van der Waals surface area contributed by atoms with E-state index in [1.54, 1.807) is 0 Å². The number of ether oxygens (including phenoxy) is 1. The molecule has 0 aromatic heterocycles. The molecule has 1 aliphatic carbocycles. The Morgan fingerprint density at radius 2 is 2.08 bits per heavy atom. The highest BCUT2D eigenvalue weighted by Crippen LogP contribution is 2.25. The first kappa shape index (κ1) is 18.2. The van der Waals surface area contributed by atoms with Crippen LogP contribution in [-0.2, 0) is 9.53 Å². The number of nitrogens with zero attached hydrogens (tertiary/aromatic N) is 1. The molecule has 0 saturated heterocycles. The molecule has 0 unspecified atom stereocenters. The van der Waals surface area contributed by atoms with E-state index in [1.807, 2.05) is 0 Å². The van der Waals surface area contributed by atoms with E-state index in [0.29, 0.717) is 5.92 Å². The highest BCUT2D eigenvalue weighted by Gasteiger charge is 2.23. The van der Waals surface area contributed by atoms with Gasteiger partial charge in [-0.3, -0.25) is 14.9 Å². The molecule has 1 aromatic rings. The summed E-state index contributed by atoms with van der Waals surface area (Å²) in [6.45, 7) is 1.67. The van der Waals surface area contributed by atoms with Crippen molar-refractivity contribution in [3.8, 4) is 0 Å². The van der Waals surface area contributed by atoms with Crippen molar-refractivity contribution in [3.05, 3.63) is 38.9 Å². The molecular formula is C16H19ClN2O5. The maximum absolute atomic E-state index is 11.9. The van der Waals surface area contributed by atoms with Crippen LogP contribution in [0.2, 0.25) is 5.02 Å². The van der Waals surface area contributed by atoms with Crippen LogP contribution in [0.25, 0.3) is 0 Å². The molecule has 1 amide bonds. The van der Waals surface area contributed by atoms with Crippen LogP contribution in [0.5, 0.6) is 0 Å². The van der Waals surface area contributed by atoms with Crippen molar-refractivity contribution in [2.24, 2.45) is 5.92 Å². The molecule has 1 N–H and O–H groups in total. The normalized spacial score (nSPS) is 20.2. The number of nitro groups is 1. The zero-order valence-corrected chi connectivity index (χ0v) is 14.0. The second-order valence-electron chi connectivity index (χ2n) is 5.94. The summed E-state index contributed by atoms with van der Waals surface area (Å²) in [5.41, 5.74) is -0.406. The molecule has 7 nitrogen and oxygen atoms in total. The molecule has 1 aromatic carbocycles. The van der Waals surface area contributed by atoms with Crippen molar-refractivity contribution >= 4 is 29.2 Å². The minimum atomic E-state index is -0.804. The molecule has 8 heteroatoms. The maximum Gasteiger partial charge on any atom is 0.338 e. The number of esters is 1. The average molecular weight is 355 g/mol. The van der Waals surface area contributed by atoms with Gasteiger partial charge in [-0.25, -0.2) is 4.79 Å². The van der Waals surface area contributed by atoms with E-state index < -0.39 is 17.5 Å². The van der Waals surface area contributed by atoms with Gasteiger partial charge in [0.15, 0.2) is 6.61 Å². The summed E-state index contributed by atoms with van der Waals surface area (Å²) in [6, 6.07) is 3.70. The summed E-state index contributed by atoms with van der Waals surface area (Å²) in [7, 11) is 0. The number of rotatable bonds is 5. The smallest absolute Gasteiger partial charge is 0.338 e. The third-order valence-electron chi connectivity index (χ3n) is 4.17. The van der Waals surface area contributed by atoms with Gasteiger partial charge in [0.05, 0.1) is 10.5 Å². The lowest BCUT2D eigenvalue weighted by molar-refractivity contribution is -0.384. The second kappa shape index (κ2) is 8.10. The van der Waals surface area contributed by atoms with Gasteiger partial charge >= 0.3 is 5.97 Å². The van der Waals surface area contributed by atoms with Gasteiger partial charge in [0.1, 0.15) is 5.02 Å². The Morgan fingerprint density at radius 3 is 2.75 bits per heavy atom. The molecule has 1 aliphatic rings. The monoisotopic (exact) mass is 354 g/mol. The fourth-order valence-electron chi connectivity index (χ4n) is 2.77. The quantitative estimate of drug-likeness (QED) is 0.497. The van der Waals surface area contributed by atoms with Crippen molar-refractivity contribution in [1.29, 1.82) is 0 Å². The van der Waals surface area contributed by atoms with E-state index in [0.717, 1.165) is 31.7 Å². The van der Waals surface area contributed by atoms with Crippen molar-refractivity contribution in [2.75, 3.05) is 6.61 Å². The molecule has 2 atom stereocenters. The van der Waals surface area contributed by atoms with Crippen LogP contribution >= 0.6 is 11.6 Å². The number of halogens is 1. The molecular weight excluding hydrogens is 336 g/mol. The summed E-state index contributed by atoms with van der Waals surface area (Å²) < 4.78 is 4.92. The molecule has 130 valence electrons. The largest absolute Gasteiger partial charge is 0.452 e. The van der Waals surface area contributed by atoms with E-state index in [1.165, 1.54) is 12.1 Å². The topological polar surface area (TPSA) is 98.5 Å². The van der Waals surface area contributed by atoms with Crippen molar-refractivity contribution in [1.82, 2.24) is 5.32 Å². The lowest BCUT2D eigenvalue weighted by Crippen LogP contribution is -2.42. The standard InChI is InChI=1S/C16H19ClN2O5/c1-10-4-2-3-5-13(10)18-15(20)9-24-16(21)11-6-7-12(17)14(8-11)19(22)23/h6-8,10,13H,2-5,9H2,1H3,(H,18,20)/t10-,13-/m0/s1. The summed E-state index contributed by atoms with van der Waals surface area (Å²) >= 11 is 5.69. The van der Waals surface area contributed by atoms with Crippen LogP contribution < -0.4 is 5.32 Å². The summed E-state index contributed by atoms with van der Waals surface area (Å²) in [5, 5.41) is 13.6. The van der Waals surface area contributed by atoms with Crippen LogP contribution in [0.4, 0.5) is 5.69 Å². The number of nitro benzene ring substituents is 1. The SMILES string of the molecule is C[C@H]1CCCC[C@@H]1NC(=O)COC(=O)c1ccc(Cl)c([N+](=O)[O-])c1. The Morgan fingerprint density at radius 1 is 1.38 bits per heavy atom. The number of hydrogen-bond donors (Lipinski definition) is 1. The first-order valence-corrected chi connectivity index (χ1v) is 8.16. The average Bonchev–Trinajstić information content (AvgIpc) is 2.55. The molecule has 1 fully saturated rings. The predicted octanol–water partition coefficient (Wildman–Crippen LogP) is 3.10. The molecule has 1 saturated carbocycles. The van der Waals surface area contributed by atoms with Gasteiger partial charge in [-0.15, -0.1) is 0 Å². The second-order valence-corrected chi connectivity index (χ2v) is 6.34. The van der Waals surface area contributed by atoms with Gasteiger partial charge in [-0.1, -0.05) is 31.4 Å². The molecule has 0 bridgehead atoms. The zero-order chi connectivity index (χ0) is 17.7. The third-order valence-corrected chi connectivity index (χ3v) is 4.49. The van der Waals surface area contributed by atoms with E-state index in [-0.39, 0.29) is 28.2 Å². The van der Waals surface area contributed by atoms with Crippen LogP contribution in [0.15, 0.2) is 18.2 Å². The number of hydrogen-bond acceptors (Lipinski definition) is 5. The fraction of sp³-hybridized carbons (Fsp3) is 0.500. The van der Waals surface area contributed by atoms with Crippen LogP contribution in [-0.4, -0.2) is 29.4 Å². The van der Waals surface area contributed by atoms with E-state index in [9.17, 15) is 19.7 Å². The van der Waals surface area contributed by atoms with Crippen LogP contribution in [0, 0.1) is 16.0 Å². The summed E-state index contributed by atoms with van der Waals surface area (Å²) in [6.07, 6.45) is 4.23. The van der Waals surface area contributed by atoms with Gasteiger partial charge in [-0.05, 0) is 30.9 Å². The molecule has 0 radical (unpaired) electrons. The van der Waals surface area contributed by atoms with Crippen LogP contribution in [0.1, 0.15) is 43.0 Å². The molecule has 0 spiro atoms. The fourth-order valence-corrected chi connectivity index (χ4v) is 2.96. The van der Waals surface area contributed by atoms with Gasteiger partial charge < -0.3 is 10.1 Å². The number of benzene rings is 1. The molecule has 0 heterocycles. The Hall–Kier alpha value is -2.15. The Bertz CT molecular complexity index is 649. The molecule has 2 rings (SSSR count). The van der Waals surface area contributed by atoms with Gasteiger partial charge in [-0.2, -0.15) is 0 Å². The first-order chi connectivity index (χ1) is 11.4. The third kappa shape index (κ3) is 4.67. The highest BCUT2D eigenvalue weighted by molar-refractivity contribution is 6.32. The lowest BCUT2D eigenvalue weighted by atomic mass is 9.86. The predicted molar refractivity (Wildman–Crippen MR) is 88.0 cm³/mol. The summed E-state index contributed by atoms with van der Waals surface area (Å²) in [4.78, 5) is 34.0. The highest BCUT2D eigenvalue weighted by atomic mass is 35.5. The van der Waals surface area contributed by atoms with Crippen molar-refractivity contribution in [3.63, 3.8) is 0 Å². The molecule has 24 heavy (non-hydrogen) atoms. The van der Waals surface area contributed by atoms with Crippen LogP contribution in [0.3, 0.4) is 0 Å². The van der Waals surface area contributed by atoms with Gasteiger partial charge in [0.25, 0.3) is 11.6 Å². The van der Waals surface area contributed by atoms with E-state index in [4.69, 9.17) is 16.3 Å². The number of carbonyl (C=O) groups is 2. The first-order valence-electron chi connectivity index (χ1n) is 7.79. The van der Waals surface area contributed by atoms with E-state index >= 15 is 0 Å². The minimum absolute atomic E-state index is 0.0232. The van der Waals surface area contributed by atoms with Gasteiger partial charge in [0.2, 0.25) is 0 Å².